The van der Waals surface area contributed by atoms with E-state index >= 15 is 0 Å². The molecule has 0 aliphatic carbocycles. The summed E-state index contributed by atoms with van der Waals surface area (Å²) in [5, 5.41) is 18.4. The second kappa shape index (κ2) is 10.1. The first kappa shape index (κ1) is 23.0. The lowest BCUT2D eigenvalue weighted by Crippen LogP contribution is -2.42. The summed E-state index contributed by atoms with van der Waals surface area (Å²) in [5.74, 6) is 0.581. The van der Waals surface area contributed by atoms with Crippen LogP contribution in [0.15, 0.2) is 42.5 Å². The van der Waals surface area contributed by atoms with Gasteiger partial charge < -0.3 is 9.84 Å². The Morgan fingerprint density at radius 1 is 1.23 bits per heavy atom. The van der Waals surface area contributed by atoms with E-state index in [9.17, 15) is 14.3 Å². The van der Waals surface area contributed by atoms with Crippen LogP contribution in [-0.4, -0.2) is 46.5 Å². The van der Waals surface area contributed by atoms with E-state index < -0.39 is 11.6 Å². The molecule has 0 bridgehead atoms. The van der Waals surface area contributed by atoms with Crippen LogP contribution < -0.4 is 10.2 Å². The highest BCUT2D eigenvalue weighted by atomic mass is 19.1. The minimum absolute atomic E-state index is 0.0922. The van der Waals surface area contributed by atoms with Gasteiger partial charge in [0.2, 0.25) is 5.91 Å². The van der Waals surface area contributed by atoms with Gasteiger partial charge in [-0.3, -0.25) is 14.9 Å². The van der Waals surface area contributed by atoms with E-state index in [0.717, 1.165) is 28.9 Å². The largest absolute Gasteiger partial charge is 0.508 e. The summed E-state index contributed by atoms with van der Waals surface area (Å²) in [6, 6.07) is 13.1. The molecular formula is C24H31FN2O4. The van der Waals surface area contributed by atoms with Crippen molar-refractivity contribution >= 4 is 5.91 Å². The van der Waals surface area contributed by atoms with Gasteiger partial charge in [0.25, 0.3) is 0 Å². The molecule has 0 saturated carbocycles. The number of halogens is 1. The number of rotatable bonds is 9. The van der Waals surface area contributed by atoms with Crippen LogP contribution in [0.1, 0.15) is 55.8 Å². The van der Waals surface area contributed by atoms with E-state index in [1.165, 1.54) is 0 Å². The maximum Gasteiger partial charge on any atom is 0.243 e. The number of phenols is 1. The van der Waals surface area contributed by atoms with Crippen molar-refractivity contribution in [2.75, 3.05) is 19.7 Å². The fraction of sp³-hybridized carbons (Fsp3) is 0.458. The lowest BCUT2D eigenvalue weighted by Gasteiger charge is -2.40. The van der Waals surface area contributed by atoms with E-state index in [2.05, 4.69) is 4.90 Å². The number of carbonyl (C=O) groups is 1. The van der Waals surface area contributed by atoms with E-state index in [1.807, 2.05) is 30.3 Å². The van der Waals surface area contributed by atoms with Crippen LogP contribution in [0.4, 0.5) is 4.39 Å². The van der Waals surface area contributed by atoms with Crippen molar-refractivity contribution in [2.24, 2.45) is 0 Å². The Kier molecular flexibility index (Phi) is 7.51. The summed E-state index contributed by atoms with van der Waals surface area (Å²) >= 11 is 0. The Hall–Kier alpha value is -2.64. The van der Waals surface area contributed by atoms with E-state index in [-0.39, 0.29) is 18.2 Å². The summed E-state index contributed by atoms with van der Waals surface area (Å²) in [5.41, 5.74) is 3.52. The first-order chi connectivity index (χ1) is 14.8. The van der Waals surface area contributed by atoms with E-state index in [0.29, 0.717) is 32.5 Å². The predicted molar refractivity (Wildman–Crippen MR) is 116 cm³/mol. The van der Waals surface area contributed by atoms with Gasteiger partial charge in [0, 0.05) is 19.5 Å². The number of aromatic hydroxyl groups is 1. The number of ether oxygens (including phenoxy) is 1. The summed E-state index contributed by atoms with van der Waals surface area (Å²) in [7, 11) is 0. The van der Waals surface area contributed by atoms with Gasteiger partial charge in [-0.2, -0.15) is 0 Å². The normalized spacial score (nSPS) is 16.6. The van der Waals surface area contributed by atoms with Crippen molar-refractivity contribution in [1.82, 2.24) is 10.4 Å². The zero-order chi connectivity index (χ0) is 22.4. The maximum atomic E-state index is 14.5. The van der Waals surface area contributed by atoms with Gasteiger partial charge in [0.15, 0.2) is 0 Å². The molecule has 0 aromatic heterocycles. The van der Waals surface area contributed by atoms with E-state index in [4.69, 9.17) is 9.94 Å². The van der Waals surface area contributed by atoms with Crippen LogP contribution >= 0.6 is 0 Å². The fourth-order valence-electron chi connectivity index (χ4n) is 4.09. The van der Waals surface area contributed by atoms with Crippen LogP contribution in [0.5, 0.6) is 11.5 Å². The molecule has 6 nitrogen and oxygen atoms in total. The monoisotopic (exact) mass is 430 g/mol. The molecule has 168 valence electrons. The van der Waals surface area contributed by atoms with Crippen molar-refractivity contribution in [1.29, 1.82) is 0 Å². The average molecular weight is 431 g/mol. The Bertz CT molecular complexity index is 880. The van der Waals surface area contributed by atoms with Gasteiger partial charge in [-0.15, -0.1) is 0 Å². The van der Waals surface area contributed by atoms with Crippen LogP contribution in [0.2, 0.25) is 0 Å². The molecule has 0 saturated heterocycles. The quantitative estimate of drug-likeness (QED) is 0.316. The Labute approximate surface area is 182 Å². The van der Waals surface area contributed by atoms with Crippen LogP contribution in [0, 0.1) is 0 Å². The molecule has 3 N–H and O–H groups in total. The minimum Gasteiger partial charge on any atom is -0.508 e. The molecule has 0 radical (unpaired) electrons. The van der Waals surface area contributed by atoms with Gasteiger partial charge in [-0.05, 0) is 74.1 Å². The lowest BCUT2D eigenvalue weighted by molar-refractivity contribution is -0.129. The third-order valence-electron chi connectivity index (χ3n) is 5.42. The number of unbranched alkanes of at least 4 members (excludes halogenated alkanes) is 1. The van der Waals surface area contributed by atoms with Crippen molar-refractivity contribution in [3.63, 3.8) is 0 Å². The molecule has 2 aromatic rings. The van der Waals surface area contributed by atoms with Crippen molar-refractivity contribution < 1.29 is 24.2 Å². The highest BCUT2D eigenvalue weighted by Crippen LogP contribution is 2.38. The topological polar surface area (TPSA) is 82.0 Å². The molecule has 7 heteroatoms. The molecule has 1 aliphatic rings. The summed E-state index contributed by atoms with van der Waals surface area (Å²) in [6.07, 6.45) is 2.36. The van der Waals surface area contributed by atoms with Crippen LogP contribution in [-0.2, 0) is 11.2 Å². The molecule has 0 fully saturated rings. The molecular weight excluding hydrogens is 399 g/mol. The third-order valence-corrected chi connectivity index (χ3v) is 5.42. The molecule has 1 atom stereocenters. The first-order valence-electron chi connectivity index (χ1n) is 10.7. The van der Waals surface area contributed by atoms with Gasteiger partial charge in [0.1, 0.15) is 17.2 Å². The summed E-state index contributed by atoms with van der Waals surface area (Å²) in [4.78, 5) is 13.2. The second-order valence-corrected chi connectivity index (χ2v) is 8.63. The number of amides is 1. The van der Waals surface area contributed by atoms with E-state index in [1.54, 1.807) is 31.5 Å². The van der Waals surface area contributed by atoms with Crippen molar-refractivity contribution in [2.45, 2.75) is 51.2 Å². The van der Waals surface area contributed by atoms with Crippen LogP contribution in [0.25, 0.3) is 0 Å². The number of fused-ring (bicyclic) bond motifs is 1. The molecule has 1 unspecified atom stereocenters. The number of benzene rings is 2. The third kappa shape index (κ3) is 6.42. The van der Waals surface area contributed by atoms with Gasteiger partial charge in [0.05, 0.1) is 12.6 Å². The molecule has 1 amide bonds. The van der Waals surface area contributed by atoms with Gasteiger partial charge >= 0.3 is 0 Å². The van der Waals surface area contributed by atoms with Gasteiger partial charge in [-0.25, -0.2) is 9.87 Å². The first-order valence-corrected chi connectivity index (χ1v) is 10.7. The zero-order valence-corrected chi connectivity index (χ0v) is 18.1. The number of hydroxylamine groups is 1. The highest BCUT2D eigenvalue weighted by Gasteiger charge is 2.32. The maximum absolute atomic E-state index is 14.5. The SMILES string of the molecule is CC(C)(F)CN1CCc2cc(O)ccc2C1c1ccc(OCCCCC(=O)NO)cc1. The Balaban J connectivity index is 1.71. The number of nitrogens with one attached hydrogen (secondary N) is 1. The number of hydrogen-bond acceptors (Lipinski definition) is 5. The molecule has 2 aromatic carbocycles. The van der Waals surface area contributed by atoms with Crippen LogP contribution in [0.3, 0.4) is 0 Å². The molecule has 0 spiro atoms. The number of phenolic OH excluding ortho intramolecular Hbond substituents is 1. The summed E-state index contributed by atoms with van der Waals surface area (Å²) < 4.78 is 20.3. The minimum atomic E-state index is -1.32. The number of nitrogens with zero attached hydrogens (tertiary/aromatic N) is 1. The standard InChI is InChI=1S/C24H31FN2O4/c1-24(2,25)16-27-13-12-18-15-19(28)8-11-21(18)23(27)17-6-9-20(10-7-17)31-14-4-3-5-22(29)26-30/h6-11,15,23,28,30H,3-5,12-14,16H2,1-2H3,(H,26,29). The molecule has 31 heavy (non-hydrogen) atoms. The smallest absolute Gasteiger partial charge is 0.243 e. The van der Waals surface area contributed by atoms with Crippen molar-refractivity contribution in [3.05, 3.63) is 59.2 Å². The average Bonchev–Trinajstić information content (AvgIpc) is 2.73. The number of carbonyl (C=O) groups excluding carboxylic acids is 1. The summed E-state index contributed by atoms with van der Waals surface area (Å²) in [6.45, 7) is 4.70. The number of alkyl halides is 1. The number of hydrogen-bond donors (Lipinski definition) is 3. The van der Waals surface area contributed by atoms with Gasteiger partial charge in [-0.1, -0.05) is 18.2 Å². The Morgan fingerprint density at radius 2 is 1.97 bits per heavy atom. The molecule has 1 aliphatic heterocycles. The highest BCUT2D eigenvalue weighted by molar-refractivity contribution is 5.74. The molecule has 3 rings (SSSR count). The second-order valence-electron chi connectivity index (χ2n) is 8.63. The van der Waals surface area contributed by atoms with Crippen molar-refractivity contribution in [3.8, 4) is 11.5 Å². The molecule has 1 heterocycles. The lowest BCUT2D eigenvalue weighted by atomic mass is 9.87. The zero-order valence-electron chi connectivity index (χ0n) is 18.1. The predicted octanol–water partition coefficient (Wildman–Crippen LogP) is 4.14. The fourth-order valence-corrected chi connectivity index (χ4v) is 4.09. The Morgan fingerprint density at radius 3 is 2.65 bits per heavy atom.